The largest absolute Gasteiger partial charge is 0.416 e. The molecule has 1 aliphatic heterocycles. The van der Waals surface area contributed by atoms with Gasteiger partial charge in [-0.2, -0.15) is 13.2 Å². The minimum absolute atomic E-state index is 0. The molecule has 0 aromatic heterocycles. The molecule has 1 saturated carbocycles. The van der Waals surface area contributed by atoms with E-state index < -0.39 is 17.2 Å². The van der Waals surface area contributed by atoms with E-state index in [0.29, 0.717) is 24.9 Å². The second-order valence-electron chi connectivity index (χ2n) is 6.51. The van der Waals surface area contributed by atoms with Gasteiger partial charge in [-0.3, -0.25) is 9.69 Å². The summed E-state index contributed by atoms with van der Waals surface area (Å²) in [4.78, 5) is 14.8. The Morgan fingerprint density at radius 2 is 1.92 bits per heavy atom. The summed E-state index contributed by atoms with van der Waals surface area (Å²) in [5.74, 6) is -0.156. The first kappa shape index (κ1) is 20.0. The summed E-state index contributed by atoms with van der Waals surface area (Å²) in [6.45, 7) is 5.10. The van der Waals surface area contributed by atoms with Gasteiger partial charge in [-0.05, 0) is 24.5 Å². The van der Waals surface area contributed by atoms with Crippen molar-refractivity contribution in [3.63, 3.8) is 0 Å². The molecule has 4 nitrogen and oxygen atoms in total. The summed E-state index contributed by atoms with van der Waals surface area (Å²) in [7, 11) is 0. The number of amides is 1. The lowest BCUT2D eigenvalue weighted by Gasteiger charge is -2.27. The molecule has 2 fully saturated rings. The fraction of sp³-hybridized carbons (Fsp3) is 0.588. The number of piperazine rings is 1. The smallest absolute Gasteiger partial charge is 0.354 e. The van der Waals surface area contributed by atoms with Gasteiger partial charge in [0.2, 0.25) is 5.91 Å². The van der Waals surface area contributed by atoms with Crippen molar-refractivity contribution >= 4 is 18.3 Å². The van der Waals surface area contributed by atoms with Crippen LogP contribution in [-0.4, -0.2) is 50.1 Å². The molecule has 1 aliphatic carbocycles. The summed E-state index contributed by atoms with van der Waals surface area (Å²) in [6, 6.07) is 5.16. The molecule has 2 N–H and O–H groups in total. The van der Waals surface area contributed by atoms with Crippen LogP contribution in [-0.2, 0) is 16.4 Å². The Balaban J connectivity index is 0.00000225. The molecule has 3 rings (SSSR count). The Bertz CT molecular complexity index is 599. The number of carbonyl (C=O) groups excluding carboxylic acids is 1. The van der Waals surface area contributed by atoms with Gasteiger partial charge in [0.1, 0.15) is 0 Å². The van der Waals surface area contributed by atoms with Crippen LogP contribution in [0, 0.1) is 0 Å². The number of hydrogen-bond donors (Lipinski definition) is 2. The van der Waals surface area contributed by atoms with Crippen LogP contribution < -0.4 is 10.6 Å². The summed E-state index contributed by atoms with van der Waals surface area (Å²) >= 11 is 0. The number of carbonyl (C=O) groups is 1. The summed E-state index contributed by atoms with van der Waals surface area (Å²) in [5.41, 5.74) is -0.998. The maximum absolute atomic E-state index is 12.9. The minimum Gasteiger partial charge on any atom is -0.354 e. The lowest BCUT2D eigenvalue weighted by atomic mass is 9.93. The van der Waals surface area contributed by atoms with E-state index in [0.717, 1.165) is 44.9 Å². The Morgan fingerprint density at radius 3 is 2.52 bits per heavy atom. The molecule has 1 saturated heterocycles. The van der Waals surface area contributed by atoms with Crippen molar-refractivity contribution in [2.24, 2.45) is 0 Å². The van der Waals surface area contributed by atoms with Gasteiger partial charge >= 0.3 is 6.18 Å². The van der Waals surface area contributed by atoms with Crippen LogP contribution in [0.4, 0.5) is 13.2 Å². The van der Waals surface area contributed by atoms with E-state index in [-0.39, 0.29) is 18.3 Å². The zero-order valence-electron chi connectivity index (χ0n) is 13.9. The Morgan fingerprint density at radius 1 is 1.24 bits per heavy atom. The Labute approximate surface area is 151 Å². The number of benzene rings is 1. The molecule has 0 unspecified atom stereocenters. The molecule has 25 heavy (non-hydrogen) atoms. The van der Waals surface area contributed by atoms with E-state index in [2.05, 4.69) is 15.5 Å². The van der Waals surface area contributed by atoms with Crippen molar-refractivity contribution in [2.45, 2.75) is 24.4 Å². The minimum atomic E-state index is -4.38. The molecule has 1 aromatic carbocycles. The lowest BCUT2D eigenvalue weighted by molar-refractivity contribution is -0.137. The van der Waals surface area contributed by atoms with Crippen LogP contribution in [0.1, 0.15) is 24.0 Å². The number of halogens is 4. The Kier molecular flexibility index (Phi) is 6.35. The number of rotatable bonds is 5. The first-order valence-corrected chi connectivity index (χ1v) is 8.31. The number of hydrogen-bond acceptors (Lipinski definition) is 3. The van der Waals surface area contributed by atoms with Gasteiger partial charge in [-0.15, -0.1) is 12.4 Å². The fourth-order valence-corrected chi connectivity index (χ4v) is 3.20. The third kappa shape index (κ3) is 4.65. The summed E-state index contributed by atoms with van der Waals surface area (Å²) in [5, 5.41) is 6.17. The quantitative estimate of drug-likeness (QED) is 0.826. The van der Waals surface area contributed by atoms with E-state index in [1.54, 1.807) is 6.07 Å². The second kappa shape index (κ2) is 7.93. The highest BCUT2D eigenvalue weighted by Crippen LogP contribution is 2.49. The lowest BCUT2D eigenvalue weighted by Crippen LogP contribution is -2.47. The molecule has 0 atom stereocenters. The van der Waals surface area contributed by atoms with Gasteiger partial charge in [0, 0.05) is 39.3 Å². The van der Waals surface area contributed by atoms with Crippen molar-refractivity contribution in [1.82, 2.24) is 15.5 Å². The molecule has 0 radical (unpaired) electrons. The number of alkyl halides is 3. The normalized spacial score (nSPS) is 19.8. The van der Waals surface area contributed by atoms with Crippen LogP contribution in [0.15, 0.2) is 24.3 Å². The van der Waals surface area contributed by atoms with Crippen LogP contribution in [0.5, 0.6) is 0 Å². The van der Waals surface area contributed by atoms with E-state index in [1.807, 2.05) is 0 Å². The van der Waals surface area contributed by atoms with Crippen LogP contribution in [0.25, 0.3) is 0 Å². The Hall–Kier alpha value is -1.31. The van der Waals surface area contributed by atoms with Crippen LogP contribution in [0.3, 0.4) is 0 Å². The zero-order chi connectivity index (χ0) is 17.2. The molecule has 0 bridgehead atoms. The summed E-state index contributed by atoms with van der Waals surface area (Å²) < 4.78 is 38.6. The van der Waals surface area contributed by atoms with Crippen molar-refractivity contribution < 1.29 is 18.0 Å². The predicted molar refractivity (Wildman–Crippen MR) is 91.9 cm³/mol. The standard InChI is InChI=1S/C17H22F3N3O.ClH/c18-17(19,20)14-3-1-2-13(12-14)16(4-5-16)15(24)22-8-11-23-9-6-21-7-10-23;/h1-3,12,21H,4-11H2,(H,22,24);1H. The van der Waals surface area contributed by atoms with Gasteiger partial charge in [0.15, 0.2) is 0 Å². The predicted octanol–water partition coefficient (Wildman–Crippen LogP) is 2.18. The molecule has 1 aromatic rings. The second-order valence-corrected chi connectivity index (χ2v) is 6.51. The van der Waals surface area contributed by atoms with E-state index >= 15 is 0 Å². The van der Waals surface area contributed by atoms with Crippen molar-refractivity contribution in [1.29, 1.82) is 0 Å². The monoisotopic (exact) mass is 377 g/mol. The third-order valence-electron chi connectivity index (χ3n) is 4.85. The van der Waals surface area contributed by atoms with Gasteiger partial charge in [-0.1, -0.05) is 18.2 Å². The van der Waals surface area contributed by atoms with Crippen LogP contribution in [0.2, 0.25) is 0 Å². The first-order valence-electron chi connectivity index (χ1n) is 8.31. The number of nitrogens with zero attached hydrogens (tertiary/aromatic N) is 1. The van der Waals surface area contributed by atoms with E-state index in [9.17, 15) is 18.0 Å². The average molecular weight is 378 g/mol. The van der Waals surface area contributed by atoms with Gasteiger partial charge < -0.3 is 10.6 Å². The molecular formula is C17H23ClF3N3O. The van der Waals surface area contributed by atoms with Crippen LogP contribution >= 0.6 is 12.4 Å². The molecular weight excluding hydrogens is 355 g/mol. The number of nitrogens with one attached hydrogen (secondary N) is 2. The first-order chi connectivity index (χ1) is 11.4. The SMILES string of the molecule is Cl.O=C(NCCN1CCNCC1)C1(c2cccc(C(F)(F)F)c2)CC1. The van der Waals surface area contributed by atoms with E-state index in [4.69, 9.17) is 0 Å². The van der Waals surface area contributed by atoms with Gasteiger partial charge in [-0.25, -0.2) is 0 Å². The molecule has 1 heterocycles. The van der Waals surface area contributed by atoms with Crippen molar-refractivity contribution in [2.75, 3.05) is 39.3 Å². The van der Waals surface area contributed by atoms with E-state index in [1.165, 1.54) is 6.07 Å². The topological polar surface area (TPSA) is 44.4 Å². The van der Waals surface area contributed by atoms with Gasteiger partial charge in [0.25, 0.3) is 0 Å². The maximum Gasteiger partial charge on any atom is 0.416 e. The highest BCUT2D eigenvalue weighted by Gasteiger charge is 2.51. The summed E-state index contributed by atoms with van der Waals surface area (Å²) in [6.07, 6.45) is -3.17. The van der Waals surface area contributed by atoms with Crippen molar-refractivity contribution in [3.8, 4) is 0 Å². The molecule has 0 spiro atoms. The highest BCUT2D eigenvalue weighted by molar-refractivity contribution is 5.91. The molecule has 8 heteroatoms. The van der Waals surface area contributed by atoms with Crippen molar-refractivity contribution in [3.05, 3.63) is 35.4 Å². The molecule has 1 amide bonds. The maximum atomic E-state index is 12.9. The molecule has 140 valence electrons. The average Bonchev–Trinajstić information content (AvgIpc) is 3.37. The fourth-order valence-electron chi connectivity index (χ4n) is 3.20. The van der Waals surface area contributed by atoms with Gasteiger partial charge in [0.05, 0.1) is 11.0 Å². The zero-order valence-corrected chi connectivity index (χ0v) is 14.7. The highest BCUT2D eigenvalue weighted by atomic mass is 35.5. The molecule has 2 aliphatic rings. The third-order valence-corrected chi connectivity index (χ3v) is 4.85.